The summed E-state index contributed by atoms with van der Waals surface area (Å²) >= 11 is 0. The summed E-state index contributed by atoms with van der Waals surface area (Å²) in [7, 11) is 0. The molecule has 2 aliphatic rings. The fourth-order valence-corrected chi connectivity index (χ4v) is 1.89. The summed E-state index contributed by atoms with van der Waals surface area (Å²) < 4.78 is 11.0. The van der Waals surface area contributed by atoms with Gasteiger partial charge in [0.05, 0.1) is 0 Å². The van der Waals surface area contributed by atoms with Crippen molar-refractivity contribution in [1.82, 2.24) is 0 Å². The molecule has 0 radical (unpaired) electrons. The first-order chi connectivity index (χ1) is 6.84. The Morgan fingerprint density at radius 2 is 1.86 bits per heavy atom. The molecule has 3 rings (SSSR count). The van der Waals surface area contributed by atoms with E-state index in [1.807, 2.05) is 6.07 Å². The largest absolute Gasteiger partial charge is 0.486 e. The van der Waals surface area contributed by atoms with Gasteiger partial charge in [-0.15, -0.1) is 0 Å². The molecule has 1 aliphatic carbocycles. The highest BCUT2D eigenvalue weighted by molar-refractivity contribution is 5.46. The Morgan fingerprint density at radius 1 is 1.14 bits per heavy atom. The molecule has 1 heterocycles. The van der Waals surface area contributed by atoms with E-state index in [0.717, 1.165) is 17.9 Å². The fourth-order valence-electron chi connectivity index (χ4n) is 1.89. The first-order valence-electron chi connectivity index (χ1n) is 5.00. The number of hydrogen-bond donors (Lipinski definition) is 1. The first-order valence-corrected chi connectivity index (χ1v) is 5.00. The molecular weight excluding hydrogens is 178 g/mol. The number of rotatable bonds is 1. The zero-order chi connectivity index (χ0) is 9.54. The van der Waals surface area contributed by atoms with Gasteiger partial charge in [-0.2, -0.15) is 0 Å². The van der Waals surface area contributed by atoms with Gasteiger partial charge in [0, 0.05) is 12.0 Å². The molecule has 3 heteroatoms. The molecule has 1 aromatic carbocycles. The van der Waals surface area contributed by atoms with E-state index >= 15 is 0 Å². The van der Waals surface area contributed by atoms with Crippen LogP contribution in [0.1, 0.15) is 17.9 Å². The Kier molecular flexibility index (Phi) is 1.67. The topological polar surface area (TPSA) is 44.5 Å². The highest BCUT2D eigenvalue weighted by Gasteiger charge is 2.35. The SMILES string of the molecule is N[C@@H]1C[C@@H]1c1ccc2c(c1)OCCO2. The zero-order valence-corrected chi connectivity index (χ0v) is 7.90. The van der Waals surface area contributed by atoms with E-state index in [2.05, 4.69) is 12.1 Å². The smallest absolute Gasteiger partial charge is 0.161 e. The molecule has 14 heavy (non-hydrogen) atoms. The van der Waals surface area contributed by atoms with Gasteiger partial charge in [-0.05, 0) is 24.1 Å². The summed E-state index contributed by atoms with van der Waals surface area (Å²) in [5.74, 6) is 2.26. The van der Waals surface area contributed by atoms with E-state index < -0.39 is 0 Å². The lowest BCUT2D eigenvalue weighted by atomic mass is 10.1. The maximum absolute atomic E-state index is 5.80. The van der Waals surface area contributed by atoms with Gasteiger partial charge in [-0.25, -0.2) is 0 Å². The van der Waals surface area contributed by atoms with Crippen LogP contribution in [0.25, 0.3) is 0 Å². The van der Waals surface area contributed by atoms with Crippen molar-refractivity contribution >= 4 is 0 Å². The molecule has 1 fully saturated rings. The van der Waals surface area contributed by atoms with Crippen LogP contribution in [-0.4, -0.2) is 19.3 Å². The molecule has 0 unspecified atom stereocenters. The predicted octanol–water partition coefficient (Wildman–Crippen LogP) is 1.27. The van der Waals surface area contributed by atoms with Gasteiger partial charge >= 0.3 is 0 Å². The Labute approximate surface area is 82.8 Å². The van der Waals surface area contributed by atoms with E-state index in [-0.39, 0.29) is 0 Å². The Hall–Kier alpha value is -1.22. The lowest BCUT2D eigenvalue weighted by molar-refractivity contribution is 0.171. The molecule has 74 valence electrons. The average Bonchev–Trinajstić information content (AvgIpc) is 2.95. The van der Waals surface area contributed by atoms with Crippen LogP contribution in [-0.2, 0) is 0 Å². The number of nitrogens with two attached hydrogens (primary N) is 1. The second kappa shape index (κ2) is 2.89. The van der Waals surface area contributed by atoms with Crippen molar-refractivity contribution in [1.29, 1.82) is 0 Å². The number of benzene rings is 1. The van der Waals surface area contributed by atoms with Crippen molar-refractivity contribution in [3.63, 3.8) is 0 Å². The second-order valence-corrected chi connectivity index (χ2v) is 3.91. The maximum atomic E-state index is 5.80. The van der Waals surface area contributed by atoms with E-state index in [1.165, 1.54) is 5.56 Å². The monoisotopic (exact) mass is 191 g/mol. The molecule has 0 spiro atoms. The molecule has 0 saturated heterocycles. The Bertz CT molecular complexity index is 364. The predicted molar refractivity (Wildman–Crippen MR) is 52.8 cm³/mol. The van der Waals surface area contributed by atoms with E-state index in [9.17, 15) is 0 Å². The van der Waals surface area contributed by atoms with Gasteiger partial charge in [-0.3, -0.25) is 0 Å². The van der Waals surface area contributed by atoms with Crippen LogP contribution in [0.5, 0.6) is 11.5 Å². The van der Waals surface area contributed by atoms with E-state index in [1.54, 1.807) is 0 Å². The van der Waals surface area contributed by atoms with Gasteiger partial charge in [0.1, 0.15) is 13.2 Å². The van der Waals surface area contributed by atoms with Crippen LogP contribution in [0, 0.1) is 0 Å². The second-order valence-electron chi connectivity index (χ2n) is 3.91. The van der Waals surface area contributed by atoms with Crippen LogP contribution in [0.15, 0.2) is 18.2 Å². The van der Waals surface area contributed by atoms with Gasteiger partial charge in [0.2, 0.25) is 0 Å². The van der Waals surface area contributed by atoms with Crippen LogP contribution >= 0.6 is 0 Å². The van der Waals surface area contributed by atoms with Crippen LogP contribution in [0.4, 0.5) is 0 Å². The number of fused-ring (bicyclic) bond motifs is 1. The standard InChI is InChI=1S/C11H13NO2/c12-9-6-8(9)7-1-2-10-11(5-7)14-4-3-13-10/h1-2,5,8-9H,3-4,6,12H2/t8-,9-/m1/s1. The van der Waals surface area contributed by atoms with Crippen molar-refractivity contribution in [3.05, 3.63) is 23.8 Å². The average molecular weight is 191 g/mol. The van der Waals surface area contributed by atoms with Gasteiger partial charge in [0.15, 0.2) is 11.5 Å². The zero-order valence-electron chi connectivity index (χ0n) is 7.90. The maximum Gasteiger partial charge on any atom is 0.161 e. The molecule has 2 N–H and O–H groups in total. The third-order valence-electron chi connectivity index (χ3n) is 2.83. The lowest BCUT2D eigenvalue weighted by Gasteiger charge is -2.18. The molecule has 0 bridgehead atoms. The van der Waals surface area contributed by atoms with Crippen LogP contribution in [0.3, 0.4) is 0 Å². The highest BCUT2D eigenvalue weighted by atomic mass is 16.6. The quantitative estimate of drug-likeness (QED) is 0.727. The summed E-state index contributed by atoms with van der Waals surface area (Å²) in [5.41, 5.74) is 7.08. The number of ether oxygens (including phenoxy) is 2. The Balaban J connectivity index is 1.93. The van der Waals surface area contributed by atoms with E-state index in [4.69, 9.17) is 15.2 Å². The third-order valence-corrected chi connectivity index (χ3v) is 2.83. The lowest BCUT2D eigenvalue weighted by Crippen LogP contribution is -2.15. The number of hydrogen-bond acceptors (Lipinski definition) is 3. The molecule has 2 atom stereocenters. The third kappa shape index (κ3) is 1.24. The molecule has 0 amide bonds. The van der Waals surface area contributed by atoms with Gasteiger partial charge in [-0.1, -0.05) is 6.07 Å². The summed E-state index contributed by atoms with van der Waals surface area (Å²) in [6.07, 6.45) is 1.10. The van der Waals surface area contributed by atoms with Crippen molar-refractivity contribution < 1.29 is 9.47 Å². The van der Waals surface area contributed by atoms with Crippen LogP contribution < -0.4 is 15.2 Å². The molecular formula is C11H13NO2. The van der Waals surface area contributed by atoms with Crippen molar-refractivity contribution in [2.45, 2.75) is 18.4 Å². The summed E-state index contributed by atoms with van der Waals surface area (Å²) in [6, 6.07) is 6.48. The first kappa shape index (κ1) is 8.12. The molecule has 1 saturated carbocycles. The van der Waals surface area contributed by atoms with Crippen molar-refractivity contribution in [2.75, 3.05) is 13.2 Å². The molecule has 0 aromatic heterocycles. The summed E-state index contributed by atoms with van der Waals surface area (Å²) in [6.45, 7) is 1.29. The normalized spacial score (nSPS) is 28.6. The minimum absolute atomic E-state index is 0.345. The van der Waals surface area contributed by atoms with Gasteiger partial charge < -0.3 is 15.2 Å². The minimum atomic E-state index is 0.345. The molecule has 3 nitrogen and oxygen atoms in total. The summed E-state index contributed by atoms with van der Waals surface area (Å²) in [4.78, 5) is 0. The fraction of sp³-hybridized carbons (Fsp3) is 0.455. The molecule has 1 aromatic rings. The summed E-state index contributed by atoms with van der Waals surface area (Å²) in [5, 5.41) is 0. The highest BCUT2D eigenvalue weighted by Crippen LogP contribution is 2.42. The van der Waals surface area contributed by atoms with E-state index in [0.29, 0.717) is 25.2 Å². The van der Waals surface area contributed by atoms with Crippen molar-refractivity contribution in [2.24, 2.45) is 5.73 Å². The van der Waals surface area contributed by atoms with Gasteiger partial charge in [0.25, 0.3) is 0 Å². The minimum Gasteiger partial charge on any atom is -0.486 e. The molecule has 1 aliphatic heterocycles. The van der Waals surface area contributed by atoms with Crippen LogP contribution in [0.2, 0.25) is 0 Å². The Morgan fingerprint density at radius 3 is 2.57 bits per heavy atom. The van der Waals surface area contributed by atoms with Crippen molar-refractivity contribution in [3.8, 4) is 11.5 Å².